The molecule has 2 aromatic heterocycles. The van der Waals surface area contributed by atoms with Crippen LogP contribution in [-0.4, -0.2) is 44.1 Å². The molecule has 28 heavy (non-hydrogen) atoms. The first-order valence-electron chi connectivity index (χ1n) is 9.03. The summed E-state index contributed by atoms with van der Waals surface area (Å²) in [5, 5.41) is 19.5. The van der Waals surface area contributed by atoms with Crippen molar-refractivity contribution in [2.75, 3.05) is 6.61 Å². The SMILES string of the molecule is CCOc1cccn2c(C(=O)C[C@H](c3ccccc3)[C@H](O)C(=O)O)c(C)nc12. The second-order valence-electron chi connectivity index (χ2n) is 6.47. The quantitative estimate of drug-likeness (QED) is 0.581. The van der Waals surface area contributed by atoms with Crippen molar-refractivity contribution < 1.29 is 24.5 Å². The number of fused-ring (bicyclic) bond motifs is 1. The Balaban J connectivity index is 2.00. The van der Waals surface area contributed by atoms with Crippen LogP contribution in [0.5, 0.6) is 5.75 Å². The van der Waals surface area contributed by atoms with Gasteiger partial charge in [-0.3, -0.25) is 9.20 Å². The van der Waals surface area contributed by atoms with Gasteiger partial charge in [-0.05, 0) is 31.5 Å². The van der Waals surface area contributed by atoms with Gasteiger partial charge in [0.05, 0.1) is 12.3 Å². The molecule has 0 radical (unpaired) electrons. The van der Waals surface area contributed by atoms with Crippen LogP contribution in [0.25, 0.3) is 5.65 Å². The zero-order chi connectivity index (χ0) is 20.3. The number of hydrogen-bond donors (Lipinski definition) is 2. The van der Waals surface area contributed by atoms with Crippen LogP contribution in [0.15, 0.2) is 48.7 Å². The lowest BCUT2D eigenvalue weighted by molar-refractivity contribution is -0.147. The molecule has 0 amide bonds. The number of aryl methyl sites for hydroxylation is 1. The van der Waals surface area contributed by atoms with E-state index in [2.05, 4.69) is 4.98 Å². The van der Waals surface area contributed by atoms with Crippen LogP contribution in [0.3, 0.4) is 0 Å². The van der Waals surface area contributed by atoms with Crippen molar-refractivity contribution in [1.82, 2.24) is 9.38 Å². The van der Waals surface area contributed by atoms with E-state index in [1.807, 2.05) is 6.92 Å². The number of benzene rings is 1. The fourth-order valence-electron chi connectivity index (χ4n) is 3.34. The van der Waals surface area contributed by atoms with Crippen molar-refractivity contribution in [2.45, 2.75) is 32.3 Å². The van der Waals surface area contributed by atoms with Crippen LogP contribution in [0, 0.1) is 6.92 Å². The number of Topliss-reactive ketones (excluding diaryl/α,β-unsaturated/α-hetero) is 1. The Bertz CT molecular complexity index is 997. The number of carbonyl (C=O) groups excluding carboxylic acids is 1. The highest BCUT2D eigenvalue weighted by Gasteiger charge is 2.31. The lowest BCUT2D eigenvalue weighted by Gasteiger charge is -2.20. The minimum absolute atomic E-state index is 0.162. The normalized spacial score (nSPS) is 13.2. The fourth-order valence-corrected chi connectivity index (χ4v) is 3.34. The lowest BCUT2D eigenvalue weighted by atomic mass is 9.88. The summed E-state index contributed by atoms with van der Waals surface area (Å²) < 4.78 is 7.23. The van der Waals surface area contributed by atoms with Gasteiger partial charge < -0.3 is 14.9 Å². The molecule has 0 bridgehead atoms. The van der Waals surface area contributed by atoms with E-state index >= 15 is 0 Å². The van der Waals surface area contributed by atoms with Crippen LogP contribution in [0.4, 0.5) is 0 Å². The molecule has 0 aliphatic heterocycles. The molecule has 3 rings (SSSR count). The molecule has 0 aliphatic rings. The maximum absolute atomic E-state index is 13.1. The Morgan fingerprint density at radius 1 is 1.18 bits per heavy atom. The summed E-state index contributed by atoms with van der Waals surface area (Å²) in [5.41, 5.74) is 2.00. The Hall–Kier alpha value is -3.19. The number of aliphatic carboxylic acids is 1. The number of carboxylic acid groups (broad SMARTS) is 1. The summed E-state index contributed by atoms with van der Waals surface area (Å²) in [6.07, 6.45) is -0.133. The molecule has 2 atom stereocenters. The molecule has 3 aromatic rings. The Morgan fingerprint density at radius 2 is 1.89 bits per heavy atom. The molecule has 0 aliphatic carbocycles. The molecule has 2 N–H and O–H groups in total. The highest BCUT2D eigenvalue weighted by molar-refractivity contribution is 5.97. The summed E-state index contributed by atoms with van der Waals surface area (Å²) in [6, 6.07) is 12.2. The molecule has 0 spiro atoms. The summed E-state index contributed by atoms with van der Waals surface area (Å²) in [7, 11) is 0. The Morgan fingerprint density at radius 3 is 2.54 bits per heavy atom. The van der Waals surface area contributed by atoms with Gasteiger partial charge in [-0.1, -0.05) is 30.3 Å². The second-order valence-corrected chi connectivity index (χ2v) is 6.47. The van der Waals surface area contributed by atoms with Crippen LogP contribution in [-0.2, 0) is 4.79 Å². The van der Waals surface area contributed by atoms with Crippen LogP contribution >= 0.6 is 0 Å². The number of hydrogen-bond acceptors (Lipinski definition) is 5. The number of carbonyl (C=O) groups is 2. The molecule has 7 heteroatoms. The second kappa shape index (κ2) is 8.22. The monoisotopic (exact) mass is 382 g/mol. The summed E-state index contributed by atoms with van der Waals surface area (Å²) in [5.74, 6) is -1.97. The van der Waals surface area contributed by atoms with E-state index in [0.29, 0.717) is 35.0 Å². The highest BCUT2D eigenvalue weighted by atomic mass is 16.5. The zero-order valence-corrected chi connectivity index (χ0v) is 15.7. The van der Waals surface area contributed by atoms with Gasteiger partial charge >= 0.3 is 5.97 Å². The van der Waals surface area contributed by atoms with E-state index in [1.165, 1.54) is 0 Å². The number of rotatable bonds is 8. The Labute approximate surface area is 162 Å². The number of aliphatic hydroxyl groups excluding tert-OH is 1. The van der Waals surface area contributed by atoms with Crippen molar-refractivity contribution in [3.05, 3.63) is 65.6 Å². The van der Waals surface area contributed by atoms with Crippen LogP contribution < -0.4 is 4.74 Å². The third-order valence-electron chi connectivity index (χ3n) is 4.62. The van der Waals surface area contributed by atoms with Gasteiger partial charge in [-0.2, -0.15) is 0 Å². The van der Waals surface area contributed by atoms with Gasteiger partial charge in [-0.25, -0.2) is 9.78 Å². The predicted molar refractivity (Wildman–Crippen MR) is 103 cm³/mol. The van der Waals surface area contributed by atoms with E-state index in [-0.39, 0.29) is 12.2 Å². The summed E-state index contributed by atoms with van der Waals surface area (Å²) in [4.78, 5) is 28.9. The molecule has 1 aromatic carbocycles. The molecule has 0 fully saturated rings. The smallest absolute Gasteiger partial charge is 0.333 e. The first-order chi connectivity index (χ1) is 13.4. The summed E-state index contributed by atoms with van der Waals surface area (Å²) >= 11 is 0. The third kappa shape index (κ3) is 3.75. The number of pyridine rings is 1. The van der Waals surface area contributed by atoms with Gasteiger partial charge in [0.25, 0.3) is 0 Å². The van der Waals surface area contributed by atoms with Crippen molar-refractivity contribution >= 4 is 17.4 Å². The topological polar surface area (TPSA) is 101 Å². The average molecular weight is 382 g/mol. The fraction of sp³-hybridized carbons (Fsp3) is 0.286. The summed E-state index contributed by atoms with van der Waals surface area (Å²) in [6.45, 7) is 4.06. The number of ketones is 1. The van der Waals surface area contributed by atoms with Gasteiger partial charge in [0.15, 0.2) is 23.3 Å². The van der Waals surface area contributed by atoms with Crippen molar-refractivity contribution in [2.24, 2.45) is 0 Å². The number of aliphatic hydroxyl groups is 1. The molecule has 2 heterocycles. The zero-order valence-electron chi connectivity index (χ0n) is 15.7. The third-order valence-corrected chi connectivity index (χ3v) is 4.62. The van der Waals surface area contributed by atoms with Gasteiger partial charge in [0.2, 0.25) is 0 Å². The minimum atomic E-state index is -1.69. The maximum Gasteiger partial charge on any atom is 0.333 e. The number of carboxylic acids is 1. The largest absolute Gasteiger partial charge is 0.490 e. The number of ether oxygens (including phenoxy) is 1. The lowest BCUT2D eigenvalue weighted by Crippen LogP contribution is -2.29. The van der Waals surface area contributed by atoms with Crippen LogP contribution in [0.1, 0.15) is 41.0 Å². The number of imidazole rings is 1. The van der Waals surface area contributed by atoms with Gasteiger partial charge in [0.1, 0.15) is 5.69 Å². The van der Waals surface area contributed by atoms with E-state index in [4.69, 9.17) is 4.74 Å². The first-order valence-corrected chi connectivity index (χ1v) is 9.03. The molecule has 0 unspecified atom stereocenters. The minimum Gasteiger partial charge on any atom is -0.490 e. The van der Waals surface area contributed by atoms with E-state index in [0.717, 1.165) is 0 Å². The first kappa shape index (κ1) is 19.6. The number of nitrogens with zero attached hydrogens (tertiary/aromatic N) is 2. The molecular weight excluding hydrogens is 360 g/mol. The highest BCUT2D eigenvalue weighted by Crippen LogP contribution is 2.28. The maximum atomic E-state index is 13.1. The predicted octanol–water partition coefficient (Wildman–Crippen LogP) is 2.84. The van der Waals surface area contributed by atoms with Crippen LogP contribution in [0.2, 0.25) is 0 Å². The van der Waals surface area contributed by atoms with E-state index in [1.54, 1.807) is 60.0 Å². The molecule has 0 saturated heterocycles. The average Bonchev–Trinajstić information content (AvgIpc) is 3.03. The Kier molecular flexibility index (Phi) is 5.75. The molecular formula is C21H22N2O5. The molecule has 146 valence electrons. The molecule has 0 saturated carbocycles. The van der Waals surface area contributed by atoms with Crippen molar-refractivity contribution in [3.8, 4) is 5.75 Å². The van der Waals surface area contributed by atoms with Gasteiger partial charge in [0, 0.05) is 18.5 Å². The van der Waals surface area contributed by atoms with E-state index < -0.39 is 18.0 Å². The number of aromatic nitrogens is 2. The van der Waals surface area contributed by atoms with E-state index in [9.17, 15) is 19.8 Å². The van der Waals surface area contributed by atoms with Gasteiger partial charge in [-0.15, -0.1) is 0 Å². The van der Waals surface area contributed by atoms with Crippen molar-refractivity contribution in [3.63, 3.8) is 0 Å². The molecule has 7 nitrogen and oxygen atoms in total. The van der Waals surface area contributed by atoms with Crippen molar-refractivity contribution in [1.29, 1.82) is 0 Å². The standard InChI is InChI=1S/C21H22N2O5/c1-3-28-17-10-7-11-23-18(13(2)22-20(17)23)16(24)12-15(19(25)21(26)27)14-8-5-4-6-9-14/h4-11,15,19,25H,3,12H2,1-2H3,(H,26,27)/t15-,19+/m1/s1.